The van der Waals surface area contributed by atoms with E-state index in [1.54, 1.807) is 31.3 Å². The second-order valence-electron chi connectivity index (χ2n) is 7.76. The van der Waals surface area contributed by atoms with E-state index in [1.165, 1.54) is 0 Å². The van der Waals surface area contributed by atoms with Gasteiger partial charge in [-0.3, -0.25) is 4.79 Å². The number of hydroxylamine groups is 2. The Balaban J connectivity index is 1.93. The highest BCUT2D eigenvalue weighted by atomic mass is 16.8. The number of nitrogens with zero attached hydrogens (tertiary/aromatic N) is 2. The summed E-state index contributed by atoms with van der Waals surface area (Å²) in [6.45, 7) is 4.45. The van der Waals surface area contributed by atoms with Gasteiger partial charge in [0.1, 0.15) is 0 Å². The van der Waals surface area contributed by atoms with E-state index in [9.17, 15) is 9.59 Å². The van der Waals surface area contributed by atoms with Gasteiger partial charge in [-0.15, -0.1) is 0 Å². The van der Waals surface area contributed by atoms with E-state index in [0.29, 0.717) is 18.8 Å². The lowest BCUT2D eigenvalue weighted by Crippen LogP contribution is -2.61. The van der Waals surface area contributed by atoms with Crippen LogP contribution in [0.5, 0.6) is 0 Å². The van der Waals surface area contributed by atoms with Gasteiger partial charge in [0, 0.05) is 14.2 Å². The second-order valence-corrected chi connectivity index (χ2v) is 7.76. The smallest absolute Gasteiger partial charge is 0.345 e. The molecule has 2 aliphatic rings. The van der Waals surface area contributed by atoms with E-state index in [1.807, 2.05) is 32.0 Å². The largest absolute Gasteiger partial charge is 0.383 e. The molecule has 9 heteroatoms. The molecular weight excluding hydrogens is 390 g/mol. The molecule has 2 heterocycles. The Labute approximate surface area is 177 Å². The number of benzene rings is 1. The van der Waals surface area contributed by atoms with Gasteiger partial charge in [-0.25, -0.2) is 9.63 Å². The quantitative estimate of drug-likeness (QED) is 0.725. The molecule has 2 saturated heterocycles. The van der Waals surface area contributed by atoms with Crippen molar-refractivity contribution in [1.82, 2.24) is 15.3 Å². The normalized spacial score (nSPS) is 26.9. The molecule has 1 N–H and O–H groups in total. The van der Waals surface area contributed by atoms with Gasteiger partial charge in [0.2, 0.25) is 0 Å². The summed E-state index contributed by atoms with van der Waals surface area (Å²) in [5.74, 6) is -0.364. The second kappa shape index (κ2) is 10.2. The topological polar surface area (TPSA) is 89.6 Å². The fourth-order valence-electron chi connectivity index (χ4n) is 3.97. The van der Waals surface area contributed by atoms with Crippen LogP contribution in [0.4, 0.5) is 4.79 Å². The van der Waals surface area contributed by atoms with Crippen LogP contribution in [0.25, 0.3) is 0 Å². The van der Waals surface area contributed by atoms with Crippen molar-refractivity contribution in [2.24, 2.45) is 0 Å². The SMILES string of the molecule is COC[C@H]1CC[C@H](COC)N1C(=O)N1O[C@@H](OC(C)C)NC(=O)[C@H]1c1ccccc1. The van der Waals surface area contributed by atoms with Crippen molar-refractivity contribution in [2.45, 2.75) is 57.3 Å². The lowest BCUT2D eigenvalue weighted by atomic mass is 10.1. The maximum absolute atomic E-state index is 13.7. The number of amides is 3. The number of hydrogen-bond acceptors (Lipinski definition) is 6. The highest BCUT2D eigenvalue weighted by Gasteiger charge is 2.46. The zero-order valence-corrected chi connectivity index (χ0v) is 17.9. The molecule has 0 aromatic heterocycles. The number of nitrogens with one attached hydrogen (secondary N) is 1. The van der Waals surface area contributed by atoms with Crippen molar-refractivity contribution in [3.05, 3.63) is 35.9 Å². The molecule has 0 radical (unpaired) electrons. The number of rotatable bonds is 7. The maximum atomic E-state index is 13.7. The molecule has 2 fully saturated rings. The van der Waals surface area contributed by atoms with Crippen LogP contribution in [0.1, 0.15) is 38.3 Å². The number of carbonyl (C=O) groups excluding carboxylic acids is 2. The number of carbonyl (C=O) groups is 2. The van der Waals surface area contributed by atoms with Crippen LogP contribution in [0.15, 0.2) is 30.3 Å². The molecule has 1 aromatic rings. The summed E-state index contributed by atoms with van der Waals surface area (Å²) in [6.07, 6.45) is 0.325. The molecule has 0 saturated carbocycles. The van der Waals surface area contributed by atoms with Crippen LogP contribution >= 0.6 is 0 Å². The van der Waals surface area contributed by atoms with Crippen molar-refractivity contribution >= 4 is 11.9 Å². The Hall–Kier alpha value is -2.20. The first-order valence-corrected chi connectivity index (χ1v) is 10.2. The van der Waals surface area contributed by atoms with Gasteiger partial charge in [-0.2, -0.15) is 5.06 Å². The van der Waals surface area contributed by atoms with Crippen LogP contribution in [0, 0.1) is 0 Å². The van der Waals surface area contributed by atoms with Gasteiger partial charge in [0.15, 0.2) is 6.04 Å². The molecule has 0 spiro atoms. The van der Waals surface area contributed by atoms with Gasteiger partial charge < -0.3 is 24.4 Å². The summed E-state index contributed by atoms with van der Waals surface area (Å²) < 4.78 is 16.3. The summed E-state index contributed by atoms with van der Waals surface area (Å²) in [5.41, 5.74) is 0.650. The summed E-state index contributed by atoms with van der Waals surface area (Å²) >= 11 is 0. The van der Waals surface area contributed by atoms with Gasteiger partial charge in [-0.1, -0.05) is 30.3 Å². The van der Waals surface area contributed by atoms with E-state index >= 15 is 0 Å². The van der Waals surface area contributed by atoms with Crippen molar-refractivity contribution in [3.63, 3.8) is 0 Å². The molecule has 9 nitrogen and oxygen atoms in total. The molecule has 30 heavy (non-hydrogen) atoms. The highest BCUT2D eigenvalue weighted by Crippen LogP contribution is 2.32. The predicted molar refractivity (Wildman–Crippen MR) is 108 cm³/mol. The van der Waals surface area contributed by atoms with Crippen LogP contribution in [0.2, 0.25) is 0 Å². The first kappa shape index (κ1) is 22.5. The molecule has 4 atom stereocenters. The van der Waals surface area contributed by atoms with Crippen LogP contribution in [0.3, 0.4) is 0 Å². The van der Waals surface area contributed by atoms with E-state index in [-0.39, 0.29) is 24.1 Å². The molecule has 1 aromatic carbocycles. The fourth-order valence-corrected chi connectivity index (χ4v) is 3.97. The number of likely N-dealkylation sites (tertiary alicyclic amines) is 1. The molecule has 3 rings (SSSR count). The molecular formula is C21H31N3O6. The van der Waals surface area contributed by atoms with E-state index in [0.717, 1.165) is 17.9 Å². The van der Waals surface area contributed by atoms with Gasteiger partial charge in [-0.05, 0) is 32.3 Å². The zero-order valence-electron chi connectivity index (χ0n) is 17.9. The minimum absolute atomic E-state index is 0.128. The summed E-state index contributed by atoms with van der Waals surface area (Å²) in [6, 6.07) is 7.48. The van der Waals surface area contributed by atoms with E-state index < -0.39 is 18.5 Å². The lowest BCUT2D eigenvalue weighted by Gasteiger charge is -2.42. The molecule has 3 amide bonds. The van der Waals surface area contributed by atoms with Gasteiger partial charge in [0.05, 0.1) is 31.4 Å². The third-order valence-electron chi connectivity index (χ3n) is 5.21. The molecule has 0 unspecified atom stereocenters. The predicted octanol–water partition coefficient (Wildman–Crippen LogP) is 2.05. The van der Waals surface area contributed by atoms with E-state index in [2.05, 4.69) is 5.32 Å². The number of hydrogen-bond donors (Lipinski definition) is 1. The number of methoxy groups -OCH3 is 2. The minimum Gasteiger partial charge on any atom is -0.383 e. The average molecular weight is 421 g/mol. The number of ether oxygens (including phenoxy) is 3. The third-order valence-corrected chi connectivity index (χ3v) is 5.21. The Bertz CT molecular complexity index is 702. The standard InChI is InChI=1S/C21H31N3O6/c1-14(2)29-20-22-19(25)18(15-8-6-5-7-9-15)24(30-20)21(26)23-16(12-27-3)10-11-17(23)13-28-4/h5-9,14,16-18,20H,10-13H2,1-4H3,(H,22,25)/t16-,17-,18-,20-/m1/s1. The molecule has 0 bridgehead atoms. The lowest BCUT2D eigenvalue weighted by molar-refractivity contribution is -0.305. The van der Waals surface area contributed by atoms with E-state index in [4.69, 9.17) is 19.0 Å². The Morgan fingerprint density at radius 1 is 1.13 bits per heavy atom. The summed E-state index contributed by atoms with van der Waals surface area (Å²) in [4.78, 5) is 34.3. The fraction of sp³-hybridized carbons (Fsp3) is 0.619. The van der Waals surface area contributed by atoms with Crippen LogP contribution in [-0.4, -0.2) is 73.9 Å². The molecule has 0 aliphatic carbocycles. The zero-order chi connectivity index (χ0) is 21.7. The Morgan fingerprint density at radius 2 is 1.73 bits per heavy atom. The number of urea groups is 1. The van der Waals surface area contributed by atoms with Gasteiger partial charge in [0.25, 0.3) is 12.3 Å². The average Bonchev–Trinajstić information content (AvgIpc) is 3.10. The first-order valence-electron chi connectivity index (χ1n) is 10.2. The van der Waals surface area contributed by atoms with Gasteiger partial charge >= 0.3 is 6.03 Å². The van der Waals surface area contributed by atoms with Crippen LogP contribution < -0.4 is 5.32 Å². The highest BCUT2D eigenvalue weighted by molar-refractivity contribution is 5.88. The molecule has 2 aliphatic heterocycles. The van der Waals surface area contributed by atoms with Crippen molar-refractivity contribution in [2.75, 3.05) is 27.4 Å². The minimum atomic E-state index is -1.05. The summed E-state index contributed by atoms with van der Waals surface area (Å²) in [7, 11) is 3.22. The van der Waals surface area contributed by atoms with Crippen molar-refractivity contribution < 1.29 is 28.6 Å². The Morgan fingerprint density at radius 3 is 2.27 bits per heavy atom. The van der Waals surface area contributed by atoms with Crippen molar-refractivity contribution in [3.8, 4) is 0 Å². The third kappa shape index (κ3) is 4.92. The molecule has 166 valence electrons. The van der Waals surface area contributed by atoms with Crippen molar-refractivity contribution in [1.29, 1.82) is 0 Å². The van der Waals surface area contributed by atoms with Crippen LogP contribution in [-0.2, 0) is 23.8 Å². The first-order chi connectivity index (χ1) is 14.5. The maximum Gasteiger partial charge on any atom is 0.345 e. The Kier molecular flexibility index (Phi) is 7.65. The summed E-state index contributed by atoms with van der Waals surface area (Å²) in [5, 5.41) is 3.84. The monoisotopic (exact) mass is 421 g/mol.